The number of anilines is 1. The molecule has 0 radical (unpaired) electrons. The van der Waals surface area contributed by atoms with Crippen molar-refractivity contribution in [3.63, 3.8) is 0 Å². The molecule has 1 aliphatic heterocycles. The zero-order chi connectivity index (χ0) is 12.8. The first-order valence-electron chi connectivity index (χ1n) is 7.02. The Kier molecular flexibility index (Phi) is 5.02. The summed E-state index contributed by atoms with van der Waals surface area (Å²) in [5.41, 5.74) is 2.56. The third-order valence-corrected chi connectivity index (χ3v) is 3.68. The summed E-state index contributed by atoms with van der Waals surface area (Å²) in [6, 6.07) is 9.03. The van der Waals surface area contributed by atoms with Crippen LogP contribution < -0.4 is 10.2 Å². The van der Waals surface area contributed by atoms with Crippen molar-refractivity contribution in [1.29, 1.82) is 0 Å². The standard InChI is InChI=1S/C15H24N2O/c1-2-16-11-13-6-8-14(9-7-13)17-10-4-3-5-15(17)12-18/h6-9,15-16,18H,2-5,10-12H2,1H3. The second-order valence-corrected chi connectivity index (χ2v) is 4.97. The second kappa shape index (κ2) is 6.76. The Balaban J connectivity index is 2.03. The number of aliphatic hydroxyl groups excluding tert-OH is 1. The molecule has 1 aromatic rings. The van der Waals surface area contributed by atoms with Crippen LogP contribution in [0.4, 0.5) is 5.69 Å². The molecular weight excluding hydrogens is 224 g/mol. The molecule has 1 aromatic carbocycles. The van der Waals surface area contributed by atoms with E-state index in [4.69, 9.17) is 0 Å². The number of hydrogen-bond acceptors (Lipinski definition) is 3. The Morgan fingerprint density at radius 2 is 2.06 bits per heavy atom. The van der Waals surface area contributed by atoms with Gasteiger partial charge in [0.1, 0.15) is 0 Å². The van der Waals surface area contributed by atoms with Gasteiger partial charge in [-0.1, -0.05) is 19.1 Å². The van der Waals surface area contributed by atoms with Crippen molar-refractivity contribution < 1.29 is 5.11 Å². The van der Waals surface area contributed by atoms with E-state index in [0.717, 1.165) is 26.1 Å². The molecule has 100 valence electrons. The average Bonchev–Trinajstić information content (AvgIpc) is 2.45. The summed E-state index contributed by atoms with van der Waals surface area (Å²) >= 11 is 0. The maximum Gasteiger partial charge on any atom is 0.0635 e. The third-order valence-electron chi connectivity index (χ3n) is 3.68. The molecule has 0 aliphatic carbocycles. The number of nitrogens with one attached hydrogen (secondary N) is 1. The fraction of sp³-hybridized carbons (Fsp3) is 0.600. The van der Waals surface area contributed by atoms with Gasteiger partial charge in [-0.15, -0.1) is 0 Å². The summed E-state index contributed by atoms with van der Waals surface area (Å²) < 4.78 is 0. The lowest BCUT2D eigenvalue weighted by molar-refractivity contribution is 0.240. The lowest BCUT2D eigenvalue weighted by atomic mass is 10.0. The molecule has 2 rings (SSSR count). The molecule has 0 spiro atoms. The maximum absolute atomic E-state index is 9.44. The summed E-state index contributed by atoms with van der Waals surface area (Å²) in [5, 5.41) is 12.8. The number of aliphatic hydroxyl groups is 1. The highest BCUT2D eigenvalue weighted by Gasteiger charge is 2.21. The van der Waals surface area contributed by atoms with E-state index < -0.39 is 0 Å². The smallest absolute Gasteiger partial charge is 0.0635 e. The average molecular weight is 248 g/mol. The molecule has 3 nitrogen and oxygen atoms in total. The molecular formula is C15H24N2O. The zero-order valence-corrected chi connectivity index (χ0v) is 11.2. The van der Waals surface area contributed by atoms with Gasteiger partial charge in [-0.25, -0.2) is 0 Å². The van der Waals surface area contributed by atoms with Crippen LogP contribution in [0.2, 0.25) is 0 Å². The molecule has 0 saturated carbocycles. The molecule has 1 heterocycles. The van der Waals surface area contributed by atoms with Crippen LogP contribution in [0.3, 0.4) is 0 Å². The SMILES string of the molecule is CCNCc1ccc(N2CCCCC2CO)cc1. The minimum atomic E-state index is 0.263. The van der Waals surface area contributed by atoms with Gasteiger partial charge in [-0.2, -0.15) is 0 Å². The van der Waals surface area contributed by atoms with Crippen LogP contribution in [-0.4, -0.2) is 30.8 Å². The van der Waals surface area contributed by atoms with Crippen LogP contribution in [0, 0.1) is 0 Å². The van der Waals surface area contributed by atoms with Gasteiger partial charge in [0.15, 0.2) is 0 Å². The maximum atomic E-state index is 9.44. The monoisotopic (exact) mass is 248 g/mol. The third kappa shape index (κ3) is 3.24. The molecule has 2 N–H and O–H groups in total. The van der Waals surface area contributed by atoms with E-state index in [0.29, 0.717) is 6.04 Å². The van der Waals surface area contributed by atoms with E-state index in [1.165, 1.54) is 24.1 Å². The molecule has 18 heavy (non-hydrogen) atoms. The quantitative estimate of drug-likeness (QED) is 0.838. The Hall–Kier alpha value is -1.06. The van der Waals surface area contributed by atoms with Crippen LogP contribution in [-0.2, 0) is 6.54 Å². The van der Waals surface area contributed by atoms with Crippen molar-refractivity contribution in [2.75, 3.05) is 24.6 Å². The van der Waals surface area contributed by atoms with E-state index in [1.54, 1.807) is 0 Å². The Labute approximate surface area is 110 Å². The fourth-order valence-corrected chi connectivity index (χ4v) is 2.60. The lowest BCUT2D eigenvalue weighted by Gasteiger charge is -2.36. The molecule has 0 bridgehead atoms. The Morgan fingerprint density at radius 1 is 1.28 bits per heavy atom. The Morgan fingerprint density at radius 3 is 2.72 bits per heavy atom. The summed E-state index contributed by atoms with van der Waals surface area (Å²) in [6.07, 6.45) is 3.57. The van der Waals surface area contributed by atoms with Gasteiger partial charge in [0, 0.05) is 18.8 Å². The number of benzene rings is 1. The van der Waals surface area contributed by atoms with Gasteiger partial charge in [0.25, 0.3) is 0 Å². The fourth-order valence-electron chi connectivity index (χ4n) is 2.60. The van der Waals surface area contributed by atoms with E-state index in [1.807, 2.05) is 0 Å². The molecule has 1 fully saturated rings. The predicted octanol–water partition coefficient (Wildman–Crippen LogP) is 2.15. The molecule has 1 aliphatic rings. The van der Waals surface area contributed by atoms with Crippen LogP contribution in [0.15, 0.2) is 24.3 Å². The van der Waals surface area contributed by atoms with Crippen molar-refractivity contribution in [2.24, 2.45) is 0 Å². The van der Waals surface area contributed by atoms with Crippen LogP contribution in [0.1, 0.15) is 31.7 Å². The number of rotatable bonds is 5. The van der Waals surface area contributed by atoms with Gasteiger partial charge >= 0.3 is 0 Å². The summed E-state index contributed by atoms with van der Waals surface area (Å²) in [4.78, 5) is 2.35. The first kappa shape index (κ1) is 13.4. The molecule has 3 heteroatoms. The van der Waals surface area contributed by atoms with Crippen molar-refractivity contribution in [1.82, 2.24) is 5.32 Å². The molecule has 1 unspecified atom stereocenters. The predicted molar refractivity (Wildman–Crippen MR) is 75.9 cm³/mol. The van der Waals surface area contributed by atoms with Gasteiger partial charge in [0.2, 0.25) is 0 Å². The Bertz CT molecular complexity index is 350. The lowest BCUT2D eigenvalue weighted by Crippen LogP contribution is -2.41. The van der Waals surface area contributed by atoms with E-state index >= 15 is 0 Å². The van der Waals surface area contributed by atoms with Crippen molar-refractivity contribution in [3.8, 4) is 0 Å². The highest BCUT2D eigenvalue weighted by molar-refractivity contribution is 5.49. The van der Waals surface area contributed by atoms with Crippen LogP contribution in [0.25, 0.3) is 0 Å². The topological polar surface area (TPSA) is 35.5 Å². The largest absolute Gasteiger partial charge is 0.394 e. The first-order valence-corrected chi connectivity index (χ1v) is 7.02. The van der Waals surface area contributed by atoms with E-state index in [-0.39, 0.29) is 6.61 Å². The number of piperidine rings is 1. The van der Waals surface area contributed by atoms with Gasteiger partial charge in [0.05, 0.1) is 12.6 Å². The minimum Gasteiger partial charge on any atom is -0.394 e. The summed E-state index contributed by atoms with van der Waals surface area (Å²) in [5.74, 6) is 0. The highest BCUT2D eigenvalue weighted by atomic mass is 16.3. The van der Waals surface area contributed by atoms with Crippen molar-refractivity contribution in [3.05, 3.63) is 29.8 Å². The molecule has 1 atom stereocenters. The molecule has 0 amide bonds. The molecule has 0 aromatic heterocycles. The number of hydrogen-bond donors (Lipinski definition) is 2. The second-order valence-electron chi connectivity index (χ2n) is 4.97. The first-order chi connectivity index (χ1) is 8.85. The van der Waals surface area contributed by atoms with E-state index in [9.17, 15) is 5.11 Å². The highest BCUT2D eigenvalue weighted by Crippen LogP contribution is 2.24. The van der Waals surface area contributed by atoms with Crippen LogP contribution in [0.5, 0.6) is 0 Å². The van der Waals surface area contributed by atoms with Gasteiger partial charge < -0.3 is 15.3 Å². The van der Waals surface area contributed by atoms with Crippen molar-refractivity contribution in [2.45, 2.75) is 38.8 Å². The minimum absolute atomic E-state index is 0.263. The van der Waals surface area contributed by atoms with Crippen molar-refractivity contribution >= 4 is 5.69 Å². The normalized spacial score (nSPS) is 20.1. The number of nitrogens with zero attached hydrogens (tertiary/aromatic N) is 1. The molecule has 1 saturated heterocycles. The van der Waals surface area contributed by atoms with Gasteiger partial charge in [-0.3, -0.25) is 0 Å². The van der Waals surface area contributed by atoms with Gasteiger partial charge in [-0.05, 0) is 43.5 Å². The van der Waals surface area contributed by atoms with E-state index in [2.05, 4.69) is 41.4 Å². The summed E-state index contributed by atoms with van der Waals surface area (Å²) in [7, 11) is 0. The van der Waals surface area contributed by atoms with Crippen LogP contribution >= 0.6 is 0 Å². The zero-order valence-electron chi connectivity index (χ0n) is 11.2. The summed E-state index contributed by atoms with van der Waals surface area (Å²) in [6.45, 7) is 5.38.